The summed E-state index contributed by atoms with van der Waals surface area (Å²) in [5, 5.41) is 3.56. The maximum atomic E-state index is 13.2. The van der Waals surface area contributed by atoms with Crippen LogP contribution in [0.2, 0.25) is 0 Å². The molecule has 5 nitrogen and oxygen atoms in total. The van der Waals surface area contributed by atoms with Crippen LogP contribution in [0, 0.1) is 4.77 Å². The molecule has 0 aliphatic heterocycles. The van der Waals surface area contributed by atoms with Crippen LogP contribution in [0.3, 0.4) is 0 Å². The molecular weight excluding hydrogens is 370 g/mol. The molecule has 28 heavy (non-hydrogen) atoms. The van der Waals surface area contributed by atoms with Crippen molar-refractivity contribution < 1.29 is 4.79 Å². The molecule has 0 unspecified atom stereocenters. The fourth-order valence-electron chi connectivity index (χ4n) is 3.44. The minimum Gasteiger partial charge on any atom is -0.352 e. The van der Waals surface area contributed by atoms with Crippen molar-refractivity contribution in [1.29, 1.82) is 0 Å². The smallest absolute Gasteiger partial charge is 0.262 e. The molecular formula is C22H25N3O2S. The predicted molar refractivity (Wildman–Crippen MR) is 115 cm³/mol. The van der Waals surface area contributed by atoms with E-state index in [-0.39, 0.29) is 22.3 Å². The van der Waals surface area contributed by atoms with Crippen molar-refractivity contribution in [3.05, 3.63) is 75.3 Å². The summed E-state index contributed by atoms with van der Waals surface area (Å²) in [4.78, 5) is 29.4. The SMILES string of the molecule is CCC[C@@H](C)NC(=O)[C@H](Cc1ccccc1)n1c(=S)[nH]c2ccccc2c1=O. The first-order valence-corrected chi connectivity index (χ1v) is 10.00. The Kier molecular flexibility index (Phi) is 6.41. The van der Waals surface area contributed by atoms with Crippen LogP contribution in [0.4, 0.5) is 0 Å². The number of carbonyl (C=O) groups excluding carboxylic acids is 1. The van der Waals surface area contributed by atoms with Crippen LogP contribution >= 0.6 is 12.2 Å². The molecule has 0 saturated carbocycles. The summed E-state index contributed by atoms with van der Waals surface area (Å²) in [6.07, 6.45) is 2.24. The molecule has 2 atom stereocenters. The number of hydrogen-bond acceptors (Lipinski definition) is 3. The van der Waals surface area contributed by atoms with Crippen molar-refractivity contribution in [3.63, 3.8) is 0 Å². The van der Waals surface area contributed by atoms with Gasteiger partial charge >= 0.3 is 0 Å². The molecule has 0 aliphatic rings. The Hall–Kier alpha value is -2.73. The highest BCUT2D eigenvalue weighted by molar-refractivity contribution is 7.71. The molecule has 2 aromatic carbocycles. The van der Waals surface area contributed by atoms with Gasteiger partial charge in [-0.1, -0.05) is 55.8 Å². The molecule has 0 bridgehead atoms. The third-order valence-electron chi connectivity index (χ3n) is 4.83. The van der Waals surface area contributed by atoms with Gasteiger partial charge < -0.3 is 10.3 Å². The number of nitrogens with one attached hydrogen (secondary N) is 2. The number of aromatic nitrogens is 2. The first-order valence-electron chi connectivity index (χ1n) is 9.59. The molecule has 1 amide bonds. The Morgan fingerprint density at radius 3 is 2.54 bits per heavy atom. The van der Waals surface area contributed by atoms with Gasteiger partial charge in [-0.15, -0.1) is 0 Å². The zero-order valence-electron chi connectivity index (χ0n) is 16.1. The van der Waals surface area contributed by atoms with Crippen LogP contribution in [0.15, 0.2) is 59.4 Å². The topological polar surface area (TPSA) is 66.9 Å². The number of aromatic amines is 1. The van der Waals surface area contributed by atoms with Crippen LogP contribution in [0.1, 0.15) is 38.3 Å². The van der Waals surface area contributed by atoms with Gasteiger partial charge in [0.2, 0.25) is 5.91 Å². The molecule has 0 aliphatic carbocycles. The first-order chi connectivity index (χ1) is 13.5. The Morgan fingerprint density at radius 1 is 1.14 bits per heavy atom. The van der Waals surface area contributed by atoms with Crippen molar-refractivity contribution in [2.24, 2.45) is 0 Å². The second kappa shape index (κ2) is 8.97. The minimum atomic E-state index is -0.720. The highest BCUT2D eigenvalue weighted by atomic mass is 32.1. The lowest BCUT2D eigenvalue weighted by Crippen LogP contribution is -2.42. The maximum Gasteiger partial charge on any atom is 0.262 e. The number of H-pyrrole nitrogens is 1. The van der Waals surface area contributed by atoms with Gasteiger partial charge in [-0.25, -0.2) is 0 Å². The molecule has 3 aromatic rings. The summed E-state index contributed by atoms with van der Waals surface area (Å²) >= 11 is 5.47. The number of benzene rings is 2. The number of nitrogens with zero attached hydrogens (tertiary/aromatic N) is 1. The molecule has 0 saturated heterocycles. The van der Waals surface area contributed by atoms with Crippen LogP contribution in [-0.2, 0) is 11.2 Å². The van der Waals surface area contributed by atoms with Crippen molar-refractivity contribution in [3.8, 4) is 0 Å². The third kappa shape index (κ3) is 4.39. The standard InChI is InChI=1S/C22H25N3O2S/c1-3-9-15(2)23-20(26)19(14-16-10-5-4-6-11-16)25-21(27)17-12-7-8-13-18(17)24-22(25)28/h4-8,10-13,15,19H,3,9,14H2,1-2H3,(H,23,26)(H,24,28)/t15-,19+/m1/s1. The summed E-state index contributed by atoms with van der Waals surface area (Å²) in [6, 6.07) is 16.2. The quantitative estimate of drug-likeness (QED) is 0.591. The van der Waals surface area contributed by atoms with Gasteiger partial charge in [0.1, 0.15) is 6.04 Å². The molecule has 3 rings (SSSR count). The average Bonchev–Trinajstić information content (AvgIpc) is 2.68. The Labute approximate surface area is 169 Å². The number of fused-ring (bicyclic) bond motifs is 1. The monoisotopic (exact) mass is 395 g/mol. The summed E-state index contributed by atoms with van der Waals surface area (Å²) in [6.45, 7) is 4.05. The molecule has 0 spiro atoms. The van der Waals surface area contributed by atoms with E-state index >= 15 is 0 Å². The van der Waals surface area contributed by atoms with Gasteiger partial charge in [-0.3, -0.25) is 14.2 Å². The van der Waals surface area contributed by atoms with Crippen LogP contribution in [0.25, 0.3) is 10.9 Å². The van der Waals surface area contributed by atoms with E-state index < -0.39 is 6.04 Å². The van der Waals surface area contributed by atoms with Gasteiger partial charge in [0.15, 0.2) is 4.77 Å². The summed E-state index contributed by atoms with van der Waals surface area (Å²) in [5.41, 5.74) is 1.39. The Balaban J connectivity index is 2.08. The first kappa shape index (κ1) is 20.0. The molecule has 6 heteroatoms. The average molecular weight is 396 g/mol. The third-order valence-corrected chi connectivity index (χ3v) is 5.13. The second-order valence-electron chi connectivity index (χ2n) is 7.05. The predicted octanol–water partition coefficient (Wildman–Crippen LogP) is 4.15. The highest BCUT2D eigenvalue weighted by Crippen LogP contribution is 2.16. The summed E-state index contributed by atoms with van der Waals surface area (Å²) < 4.78 is 1.67. The minimum absolute atomic E-state index is 0.0319. The zero-order chi connectivity index (χ0) is 20.1. The summed E-state index contributed by atoms with van der Waals surface area (Å²) in [7, 11) is 0. The van der Waals surface area contributed by atoms with E-state index in [1.54, 1.807) is 12.1 Å². The number of amides is 1. The van der Waals surface area contributed by atoms with E-state index in [0.717, 1.165) is 18.4 Å². The van der Waals surface area contributed by atoms with Gasteiger partial charge in [0.05, 0.1) is 10.9 Å². The van der Waals surface area contributed by atoms with E-state index in [0.29, 0.717) is 17.3 Å². The van der Waals surface area contributed by atoms with Crippen molar-refractivity contribution >= 4 is 29.0 Å². The lowest BCUT2D eigenvalue weighted by Gasteiger charge is -2.22. The maximum absolute atomic E-state index is 13.2. The number of para-hydroxylation sites is 1. The van der Waals surface area contributed by atoms with Gasteiger partial charge in [-0.2, -0.15) is 0 Å². The highest BCUT2D eigenvalue weighted by Gasteiger charge is 2.25. The summed E-state index contributed by atoms with van der Waals surface area (Å²) in [5.74, 6) is -0.193. The van der Waals surface area contributed by atoms with Gasteiger partial charge in [-0.05, 0) is 43.3 Å². The second-order valence-corrected chi connectivity index (χ2v) is 7.44. The molecule has 1 aromatic heterocycles. The van der Waals surface area contributed by atoms with Gasteiger partial charge in [0, 0.05) is 12.5 Å². The number of carbonyl (C=O) groups is 1. The van der Waals surface area contributed by atoms with Crippen molar-refractivity contribution in [2.75, 3.05) is 0 Å². The molecule has 0 radical (unpaired) electrons. The number of rotatable bonds is 7. The molecule has 1 heterocycles. The fourth-order valence-corrected chi connectivity index (χ4v) is 3.76. The van der Waals surface area contributed by atoms with E-state index in [4.69, 9.17) is 12.2 Å². The van der Waals surface area contributed by atoms with Crippen LogP contribution < -0.4 is 10.9 Å². The van der Waals surface area contributed by atoms with Gasteiger partial charge in [0.25, 0.3) is 5.56 Å². The van der Waals surface area contributed by atoms with Crippen LogP contribution in [0.5, 0.6) is 0 Å². The fraction of sp³-hybridized carbons (Fsp3) is 0.318. The van der Waals surface area contributed by atoms with E-state index in [1.807, 2.05) is 49.4 Å². The van der Waals surface area contributed by atoms with Crippen molar-refractivity contribution in [1.82, 2.24) is 14.9 Å². The normalized spacial score (nSPS) is 13.2. The lowest BCUT2D eigenvalue weighted by molar-refractivity contribution is -0.125. The van der Waals surface area contributed by atoms with E-state index in [2.05, 4.69) is 17.2 Å². The molecule has 146 valence electrons. The number of hydrogen-bond donors (Lipinski definition) is 2. The Bertz CT molecular complexity index is 1070. The lowest BCUT2D eigenvalue weighted by atomic mass is 10.0. The van der Waals surface area contributed by atoms with Crippen molar-refractivity contribution in [2.45, 2.75) is 45.2 Å². The molecule has 0 fully saturated rings. The zero-order valence-corrected chi connectivity index (χ0v) is 17.0. The largest absolute Gasteiger partial charge is 0.352 e. The van der Waals surface area contributed by atoms with Crippen LogP contribution in [-0.4, -0.2) is 21.5 Å². The van der Waals surface area contributed by atoms with E-state index in [1.165, 1.54) is 4.57 Å². The molecule has 2 N–H and O–H groups in total. The Morgan fingerprint density at radius 2 is 1.82 bits per heavy atom. The van der Waals surface area contributed by atoms with E-state index in [9.17, 15) is 9.59 Å².